The molecule has 0 aromatic heterocycles. The Balaban J connectivity index is 1.98. The molecule has 0 N–H and O–H groups in total. The van der Waals surface area contributed by atoms with Crippen molar-refractivity contribution >= 4 is 19.5 Å². The highest BCUT2D eigenvalue weighted by atomic mass is 31.2. The molecular formula is C22H27O2P. The lowest BCUT2D eigenvalue weighted by molar-refractivity contribution is 0.309. The molecule has 0 bridgehead atoms. The molecule has 0 atom stereocenters. The van der Waals surface area contributed by atoms with Crippen molar-refractivity contribution in [1.82, 2.24) is 0 Å². The third-order valence-corrected chi connectivity index (χ3v) is 6.00. The Labute approximate surface area is 151 Å². The van der Waals surface area contributed by atoms with Crippen molar-refractivity contribution in [1.29, 1.82) is 0 Å². The predicted octanol–water partition coefficient (Wildman–Crippen LogP) is 6.51. The van der Waals surface area contributed by atoms with Gasteiger partial charge in [0, 0.05) is 12.3 Å². The van der Waals surface area contributed by atoms with Crippen LogP contribution in [0, 0.1) is 0 Å². The molecule has 2 aromatic rings. The number of unbranched alkanes of at least 4 members (excludes halogenated alkanes) is 1. The second kappa shape index (κ2) is 10.9. The van der Waals surface area contributed by atoms with Gasteiger partial charge in [-0.2, -0.15) is 0 Å². The fourth-order valence-corrected chi connectivity index (χ4v) is 4.06. The molecule has 0 fully saturated rings. The van der Waals surface area contributed by atoms with Gasteiger partial charge in [-0.05, 0) is 17.5 Å². The molecule has 0 saturated carbocycles. The predicted molar refractivity (Wildman–Crippen MR) is 109 cm³/mol. The van der Waals surface area contributed by atoms with Gasteiger partial charge in [0.05, 0.1) is 6.61 Å². The van der Waals surface area contributed by atoms with Gasteiger partial charge in [0.15, 0.2) is 0 Å². The van der Waals surface area contributed by atoms with Crippen LogP contribution in [-0.2, 0) is 9.09 Å². The van der Waals surface area contributed by atoms with Crippen LogP contribution < -0.4 is 0 Å². The molecule has 3 heteroatoms. The standard InChI is InChI=1S/C22H27O2P/c1-2-3-18-24-25(23,19-10-16-21-12-6-4-7-13-21)20-11-17-22-14-8-5-9-15-22/h4-17H,2-3,18-20H2,1H3/b16-10+,17-11+. The Morgan fingerprint density at radius 3 is 1.76 bits per heavy atom. The Morgan fingerprint density at radius 2 is 1.32 bits per heavy atom. The first-order chi connectivity index (χ1) is 12.2. The fraction of sp³-hybridized carbons (Fsp3) is 0.273. The van der Waals surface area contributed by atoms with E-state index in [1.54, 1.807) is 0 Å². The van der Waals surface area contributed by atoms with Crippen molar-refractivity contribution < 1.29 is 9.09 Å². The van der Waals surface area contributed by atoms with E-state index in [1.807, 2.05) is 85.0 Å². The fourth-order valence-electron chi connectivity index (χ4n) is 2.38. The van der Waals surface area contributed by atoms with Gasteiger partial charge in [-0.25, -0.2) is 0 Å². The summed E-state index contributed by atoms with van der Waals surface area (Å²) in [5.74, 6) is 0. The monoisotopic (exact) mass is 354 g/mol. The summed E-state index contributed by atoms with van der Waals surface area (Å²) in [6, 6.07) is 20.1. The summed E-state index contributed by atoms with van der Waals surface area (Å²) in [7, 11) is -2.70. The maximum Gasteiger partial charge on any atom is 0.210 e. The van der Waals surface area contributed by atoms with Crippen molar-refractivity contribution in [2.45, 2.75) is 19.8 Å². The lowest BCUT2D eigenvalue weighted by atomic mass is 10.2. The van der Waals surface area contributed by atoms with Crippen LogP contribution in [0.5, 0.6) is 0 Å². The van der Waals surface area contributed by atoms with E-state index in [9.17, 15) is 4.57 Å². The van der Waals surface area contributed by atoms with Crippen LogP contribution in [0.4, 0.5) is 0 Å². The number of hydrogen-bond donors (Lipinski definition) is 0. The van der Waals surface area contributed by atoms with Crippen LogP contribution in [0.2, 0.25) is 0 Å². The Morgan fingerprint density at radius 1 is 0.840 bits per heavy atom. The first-order valence-corrected chi connectivity index (χ1v) is 10.9. The summed E-state index contributed by atoms with van der Waals surface area (Å²) < 4.78 is 18.9. The van der Waals surface area contributed by atoms with E-state index in [-0.39, 0.29) is 0 Å². The van der Waals surface area contributed by atoms with E-state index < -0.39 is 7.37 Å². The molecule has 0 radical (unpaired) electrons. The molecule has 2 nitrogen and oxygen atoms in total. The lowest BCUT2D eigenvalue weighted by Gasteiger charge is -2.15. The highest BCUT2D eigenvalue weighted by Crippen LogP contribution is 2.47. The number of benzene rings is 2. The van der Waals surface area contributed by atoms with Crippen LogP contribution in [-0.4, -0.2) is 18.9 Å². The van der Waals surface area contributed by atoms with Crippen LogP contribution in [0.1, 0.15) is 30.9 Å². The van der Waals surface area contributed by atoms with Gasteiger partial charge in [0.25, 0.3) is 0 Å². The minimum Gasteiger partial charge on any atom is -0.328 e. The van der Waals surface area contributed by atoms with Crippen LogP contribution >= 0.6 is 7.37 Å². The molecule has 25 heavy (non-hydrogen) atoms. The third kappa shape index (κ3) is 7.69. The van der Waals surface area contributed by atoms with Crippen molar-refractivity contribution in [3.05, 3.63) is 83.9 Å². The quantitative estimate of drug-likeness (QED) is 0.359. The first-order valence-electron chi connectivity index (χ1n) is 8.88. The van der Waals surface area contributed by atoms with E-state index in [0.717, 1.165) is 24.0 Å². The van der Waals surface area contributed by atoms with Crippen LogP contribution in [0.15, 0.2) is 72.8 Å². The van der Waals surface area contributed by atoms with Gasteiger partial charge in [-0.1, -0.05) is 98.3 Å². The zero-order valence-electron chi connectivity index (χ0n) is 14.9. The molecule has 132 valence electrons. The van der Waals surface area contributed by atoms with Crippen molar-refractivity contribution in [3.63, 3.8) is 0 Å². The van der Waals surface area contributed by atoms with Gasteiger partial charge >= 0.3 is 0 Å². The molecule has 0 spiro atoms. The molecule has 0 unspecified atom stereocenters. The van der Waals surface area contributed by atoms with E-state index in [4.69, 9.17) is 4.52 Å². The SMILES string of the molecule is CCCCOP(=O)(C/C=C/c1ccccc1)C/C=C/c1ccccc1. The molecule has 0 aliphatic heterocycles. The number of hydrogen-bond acceptors (Lipinski definition) is 2. The molecule has 2 aromatic carbocycles. The summed E-state index contributed by atoms with van der Waals surface area (Å²) in [5, 5.41) is 0. The molecule has 0 saturated heterocycles. The highest BCUT2D eigenvalue weighted by molar-refractivity contribution is 7.59. The summed E-state index contributed by atoms with van der Waals surface area (Å²) >= 11 is 0. The summed E-state index contributed by atoms with van der Waals surface area (Å²) in [6.07, 6.45) is 10.9. The third-order valence-electron chi connectivity index (χ3n) is 3.81. The average molecular weight is 354 g/mol. The molecule has 0 heterocycles. The average Bonchev–Trinajstić information content (AvgIpc) is 2.64. The number of allylic oxidation sites excluding steroid dienone is 2. The van der Waals surface area contributed by atoms with Crippen molar-refractivity contribution in [2.75, 3.05) is 18.9 Å². The van der Waals surface area contributed by atoms with E-state index in [0.29, 0.717) is 18.9 Å². The van der Waals surface area contributed by atoms with Crippen molar-refractivity contribution in [2.24, 2.45) is 0 Å². The topological polar surface area (TPSA) is 26.3 Å². The molecule has 0 aliphatic carbocycles. The second-order valence-corrected chi connectivity index (χ2v) is 8.61. The summed E-state index contributed by atoms with van der Waals surface area (Å²) in [6.45, 7) is 2.67. The minimum absolute atomic E-state index is 0.463. The van der Waals surface area contributed by atoms with Gasteiger partial charge in [-0.3, -0.25) is 4.57 Å². The zero-order chi connectivity index (χ0) is 17.8. The Hall–Kier alpha value is -1.89. The smallest absolute Gasteiger partial charge is 0.210 e. The van der Waals surface area contributed by atoms with E-state index >= 15 is 0 Å². The maximum absolute atomic E-state index is 13.1. The van der Waals surface area contributed by atoms with Gasteiger partial charge in [0.2, 0.25) is 7.37 Å². The summed E-state index contributed by atoms with van der Waals surface area (Å²) in [4.78, 5) is 0. The summed E-state index contributed by atoms with van der Waals surface area (Å²) in [5.41, 5.74) is 2.23. The molecule has 0 aliphatic rings. The molecular weight excluding hydrogens is 327 g/mol. The maximum atomic E-state index is 13.1. The van der Waals surface area contributed by atoms with Gasteiger partial charge < -0.3 is 4.52 Å². The van der Waals surface area contributed by atoms with Crippen LogP contribution in [0.3, 0.4) is 0 Å². The first kappa shape index (κ1) is 19.4. The van der Waals surface area contributed by atoms with Crippen molar-refractivity contribution in [3.8, 4) is 0 Å². The molecule has 2 rings (SSSR count). The minimum atomic E-state index is -2.70. The largest absolute Gasteiger partial charge is 0.328 e. The van der Waals surface area contributed by atoms with E-state index in [1.165, 1.54) is 0 Å². The van der Waals surface area contributed by atoms with Crippen LogP contribution in [0.25, 0.3) is 12.2 Å². The van der Waals surface area contributed by atoms with Gasteiger partial charge in [0.1, 0.15) is 0 Å². The van der Waals surface area contributed by atoms with Gasteiger partial charge in [-0.15, -0.1) is 0 Å². The van der Waals surface area contributed by atoms with E-state index in [2.05, 4.69) is 6.92 Å². The molecule has 0 amide bonds. The highest BCUT2D eigenvalue weighted by Gasteiger charge is 2.19. The number of rotatable bonds is 10. The Kier molecular flexibility index (Phi) is 8.45. The normalized spacial score (nSPS) is 12.2. The second-order valence-electron chi connectivity index (χ2n) is 5.99. The lowest BCUT2D eigenvalue weighted by Crippen LogP contribution is -1.99. The Bertz CT molecular complexity index is 650. The zero-order valence-corrected chi connectivity index (χ0v) is 15.8.